The van der Waals surface area contributed by atoms with E-state index in [4.69, 9.17) is 0 Å². The molecule has 3 fully saturated rings. The highest BCUT2D eigenvalue weighted by atomic mass is 16.3. The number of hydrogen-bond donors (Lipinski definition) is 1. The zero-order valence-corrected chi connectivity index (χ0v) is 18.2. The van der Waals surface area contributed by atoms with E-state index < -0.39 is 0 Å². The lowest BCUT2D eigenvalue weighted by Crippen LogP contribution is -2.58. The van der Waals surface area contributed by atoms with E-state index in [1.807, 2.05) is 0 Å². The first-order valence-corrected chi connectivity index (χ1v) is 12.2. The highest BCUT2D eigenvalue weighted by Crippen LogP contribution is 2.29. The number of likely N-dealkylation sites (tertiary alicyclic amines) is 1. The van der Waals surface area contributed by atoms with Gasteiger partial charge in [-0.2, -0.15) is 0 Å². The van der Waals surface area contributed by atoms with Crippen LogP contribution in [0.4, 0.5) is 0 Å². The highest BCUT2D eigenvalue weighted by Gasteiger charge is 2.33. The third kappa shape index (κ3) is 6.27. The quantitative estimate of drug-likeness (QED) is 0.727. The van der Waals surface area contributed by atoms with Crippen LogP contribution in [0.1, 0.15) is 50.5 Å². The standard InChI is InChI=1S/C25H41N3O/c29-25-21-27(14-6-11-22-9-4-5-10-22)16-13-24(25)28-19-17-26(18-20-28)15-12-23-7-2-1-3-8-23/h1-3,7-8,22,24-25,29H,4-6,9-21H2/t24-,25-/m1/s1. The van der Waals surface area contributed by atoms with E-state index in [2.05, 4.69) is 45.0 Å². The molecule has 0 aromatic heterocycles. The Bertz CT molecular complexity index is 581. The van der Waals surface area contributed by atoms with E-state index in [1.54, 1.807) is 0 Å². The maximum Gasteiger partial charge on any atom is 0.0822 e. The van der Waals surface area contributed by atoms with Crippen molar-refractivity contribution in [2.45, 2.75) is 63.5 Å². The van der Waals surface area contributed by atoms with Gasteiger partial charge in [0.1, 0.15) is 0 Å². The van der Waals surface area contributed by atoms with Gasteiger partial charge in [0.2, 0.25) is 0 Å². The zero-order valence-electron chi connectivity index (χ0n) is 18.2. The fourth-order valence-electron chi connectivity index (χ4n) is 5.77. The summed E-state index contributed by atoms with van der Waals surface area (Å²) < 4.78 is 0. The number of aliphatic hydroxyl groups excluding tert-OH is 1. The van der Waals surface area contributed by atoms with E-state index in [-0.39, 0.29) is 6.10 Å². The van der Waals surface area contributed by atoms with E-state index in [0.29, 0.717) is 6.04 Å². The Morgan fingerprint density at radius 2 is 1.59 bits per heavy atom. The first-order valence-electron chi connectivity index (χ1n) is 12.2. The fourth-order valence-corrected chi connectivity index (χ4v) is 5.77. The molecule has 4 nitrogen and oxygen atoms in total. The molecule has 1 saturated carbocycles. The van der Waals surface area contributed by atoms with Crippen molar-refractivity contribution >= 4 is 0 Å². The first-order chi connectivity index (χ1) is 14.3. The Morgan fingerprint density at radius 1 is 0.828 bits per heavy atom. The molecule has 1 aromatic carbocycles. The maximum atomic E-state index is 10.8. The number of benzene rings is 1. The van der Waals surface area contributed by atoms with Crippen molar-refractivity contribution in [3.63, 3.8) is 0 Å². The van der Waals surface area contributed by atoms with Gasteiger partial charge in [-0.1, -0.05) is 56.0 Å². The van der Waals surface area contributed by atoms with Gasteiger partial charge in [-0.15, -0.1) is 0 Å². The average molecular weight is 400 g/mol. The summed E-state index contributed by atoms with van der Waals surface area (Å²) in [5.74, 6) is 0.996. The van der Waals surface area contributed by atoms with Crippen molar-refractivity contribution in [2.75, 3.05) is 52.4 Å². The summed E-state index contributed by atoms with van der Waals surface area (Å²) in [6, 6.07) is 11.2. The van der Waals surface area contributed by atoms with Crippen LogP contribution < -0.4 is 0 Å². The van der Waals surface area contributed by atoms with Gasteiger partial charge in [0.05, 0.1) is 6.10 Å². The van der Waals surface area contributed by atoms with Crippen LogP contribution >= 0.6 is 0 Å². The van der Waals surface area contributed by atoms with Gasteiger partial charge in [-0.25, -0.2) is 0 Å². The molecule has 0 unspecified atom stereocenters. The van der Waals surface area contributed by atoms with Gasteiger partial charge in [0.25, 0.3) is 0 Å². The lowest BCUT2D eigenvalue weighted by Gasteiger charge is -2.45. The zero-order chi connectivity index (χ0) is 19.9. The predicted molar refractivity (Wildman–Crippen MR) is 120 cm³/mol. The molecule has 2 heterocycles. The summed E-state index contributed by atoms with van der Waals surface area (Å²) in [5, 5.41) is 10.8. The molecule has 4 rings (SSSR count). The molecule has 2 saturated heterocycles. The molecular weight excluding hydrogens is 358 g/mol. The van der Waals surface area contributed by atoms with Gasteiger partial charge in [0, 0.05) is 45.3 Å². The molecule has 162 valence electrons. The predicted octanol–water partition coefficient (Wildman–Crippen LogP) is 3.25. The summed E-state index contributed by atoms with van der Waals surface area (Å²) in [5.41, 5.74) is 1.44. The SMILES string of the molecule is O[C@@H]1CN(CCCC2CCCC2)CC[C@H]1N1CCN(CCc2ccccc2)CC1. The second-order valence-electron chi connectivity index (χ2n) is 9.63. The van der Waals surface area contributed by atoms with Crippen molar-refractivity contribution in [3.8, 4) is 0 Å². The Kier molecular flexibility index (Phi) is 8.01. The van der Waals surface area contributed by atoms with E-state index in [9.17, 15) is 5.11 Å². The lowest BCUT2D eigenvalue weighted by atomic mass is 9.97. The third-order valence-corrected chi connectivity index (χ3v) is 7.63. The second-order valence-corrected chi connectivity index (χ2v) is 9.63. The van der Waals surface area contributed by atoms with E-state index >= 15 is 0 Å². The van der Waals surface area contributed by atoms with Gasteiger partial charge >= 0.3 is 0 Å². The minimum atomic E-state index is -0.175. The molecule has 0 spiro atoms. The largest absolute Gasteiger partial charge is 0.390 e. The highest BCUT2D eigenvalue weighted by molar-refractivity contribution is 5.14. The Labute approximate surface area is 177 Å². The van der Waals surface area contributed by atoms with Crippen LogP contribution in [0.2, 0.25) is 0 Å². The van der Waals surface area contributed by atoms with Gasteiger partial charge in [-0.3, -0.25) is 4.90 Å². The van der Waals surface area contributed by atoms with Crippen LogP contribution in [0.25, 0.3) is 0 Å². The average Bonchev–Trinajstić information content (AvgIpc) is 3.27. The number of rotatable bonds is 8. The smallest absolute Gasteiger partial charge is 0.0822 e. The molecule has 1 N–H and O–H groups in total. The van der Waals surface area contributed by atoms with E-state index in [1.165, 1.54) is 57.2 Å². The number of nitrogens with zero attached hydrogens (tertiary/aromatic N) is 3. The van der Waals surface area contributed by atoms with Gasteiger partial charge < -0.3 is 14.9 Å². The molecule has 0 amide bonds. The minimum Gasteiger partial charge on any atom is -0.390 e. The number of piperazine rings is 1. The molecule has 3 aliphatic rings. The summed E-state index contributed by atoms with van der Waals surface area (Å²) >= 11 is 0. The topological polar surface area (TPSA) is 30.0 Å². The molecule has 1 aromatic rings. The normalized spacial score (nSPS) is 28.2. The number of piperidine rings is 1. The van der Waals surface area contributed by atoms with Crippen LogP contribution in [-0.4, -0.2) is 84.3 Å². The molecule has 0 bridgehead atoms. The summed E-state index contributed by atoms with van der Waals surface area (Å²) in [4.78, 5) is 7.68. The van der Waals surface area contributed by atoms with Crippen LogP contribution in [-0.2, 0) is 6.42 Å². The van der Waals surface area contributed by atoms with Crippen LogP contribution in [0, 0.1) is 5.92 Å². The Morgan fingerprint density at radius 3 is 2.31 bits per heavy atom. The third-order valence-electron chi connectivity index (χ3n) is 7.63. The van der Waals surface area contributed by atoms with E-state index in [0.717, 1.165) is 58.0 Å². The second kappa shape index (κ2) is 10.9. The van der Waals surface area contributed by atoms with Crippen molar-refractivity contribution in [1.29, 1.82) is 0 Å². The van der Waals surface area contributed by atoms with Crippen molar-refractivity contribution < 1.29 is 5.11 Å². The molecule has 2 atom stereocenters. The maximum absolute atomic E-state index is 10.8. The molecule has 1 aliphatic carbocycles. The summed E-state index contributed by atoms with van der Waals surface area (Å²) in [7, 11) is 0. The number of hydrogen-bond acceptors (Lipinski definition) is 4. The fraction of sp³-hybridized carbons (Fsp3) is 0.760. The van der Waals surface area contributed by atoms with Crippen molar-refractivity contribution in [2.24, 2.45) is 5.92 Å². The summed E-state index contributed by atoms with van der Waals surface area (Å²) in [6.07, 6.45) is 10.7. The molecule has 0 radical (unpaired) electrons. The van der Waals surface area contributed by atoms with Gasteiger partial charge in [0.15, 0.2) is 0 Å². The van der Waals surface area contributed by atoms with Crippen molar-refractivity contribution in [3.05, 3.63) is 35.9 Å². The Hall–Kier alpha value is -0.940. The van der Waals surface area contributed by atoms with Crippen LogP contribution in [0.15, 0.2) is 30.3 Å². The summed E-state index contributed by atoms with van der Waals surface area (Å²) in [6.45, 7) is 8.89. The molecule has 2 aliphatic heterocycles. The molecular formula is C25H41N3O. The minimum absolute atomic E-state index is 0.175. The van der Waals surface area contributed by atoms with Gasteiger partial charge in [-0.05, 0) is 50.3 Å². The molecule has 4 heteroatoms. The Balaban J connectivity index is 1.13. The monoisotopic (exact) mass is 399 g/mol. The van der Waals surface area contributed by atoms with Crippen LogP contribution in [0.3, 0.4) is 0 Å². The van der Waals surface area contributed by atoms with Crippen LogP contribution in [0.5, 0.6) is 0 Å². The lowest BCUT2D eigenvalue weighted by molar-refractivity contribution is -0.0292. The van der Waals surface area contributed by atoms with Crippen molar-refractivity contribution in [1.82, 2.24) is 14.7 Å². The molecule has 29 heavy (non-hydrogen) atoms. The first kappa shape index (κ1) is 21.3. The number of β-amino-alcohol motifs (C(OH)–C–C–N with tert-alkyl or cyclic N) is 1. The number of aliphatic hydroxyl groups is 1.